The van der Waals surface area contributed by atoms with E-state index in [1.165, 1.54) is 24.0 Å². The van der Waals surface area contributed by atoms with E-state index >= 15 is 0 Å². The molecule has 0 bridgehead atoms. The lowest BCUT2D eigenvalue weighted by atomic mass is 9.92. The van der Waals surface area contributed by atoms with Gasteiger partial charge in [-0.15, -0.1) is 0 Å². The number of likely N-dealkylation sites (tertiary alicyclic amines) is 1. The van der Waals surface area contributed by atoms with Crippen molar-refractivity contribution in [1.82, 2.24) is 10.1 Å². The van der Waals surface area contributed by atoms with Crippen molar-refractivity contribution in [3.05, 3.63) is 46.8 Å². The summed E-state index contributed by atoms with van der Waals surface area (Å²) in [4.78, 5) is 14.4. The zero-order valence-electron chi connectivity index (χ0n) is 15.8. The minimum absolute atomic E-state index is 0.0985. The monoisotopic (exact) mass is 370 g/mol. The van der Waals surface area contributed by atoms with Crippen molar-refractivity contribution in [3.8, 4) is 5.75 Å². The summed E-state index contributed by atoms with van der Waals surface area (Å²) in [6.45, 7) is 1.59. The van der Waals surface area contributed by atoms with Crippen LogP contribution in [0.15, 0.2) is 28.8 Å². The predicted octanol–water partition coefficient (Wildman–Crippen LogP) is 3.38. The number of hydrogen-bond acceptors (Lipinski definition) is 5. The van der Waals surface area contributed by atoms with Crippen LogP contribution in [0.25, 0.3) is 0 Å². The number of ether oxygens (including phenoxy) is 2. The summed E-state index contributed by atoms with van der Waals surface area (Å²) >= 11 is 0. The molecule has 2 aromatic rings. The van der Waals surface area contributed by atoms with Crippen molar-refractivity contribution in [2.75, 3.05) is 20.2 Å². The molecule has 144 valence electrons. The van der Waals surface area contributed by atoms with Gasteiger partial charge in [0, 0.05) is 26.3 Å². The molecule has 1 atom stereocenters. The van der Waals surface area contributed by atoms with Gasteiger partial charge in [0.2, 0.25) is 0 Å². The van der Waals surface area contributed by atoms with E-state index < -0.39 is 0 Å². The number of carbonyl (C=O) groups excluding carboxylic acids is 1. The first kappa shape index (κ1) is 18.0. The Bertz CT molecular complexity index is 801. The van der Waals surface area contributed by atoms with E-state index in [0.717, 1.165) is 38.0 Å². The highest BCUT2D eigenvalue weighted by Crippen LogP contribution is 2.26. The van der Waals surface area contributed by atoms with Gasteiger partial charge >= 0.3 is 0 Å². The number of nitrogens with zero attached hydrogens (tertiary/aromatic N) is 2. The first-order chi connectivity index (χ1) is 13.2. The highest BCUT2D eigenvalue weighted by Gasteiger charge is 2.26. The number of rotatable bonds is 5. The number of amides is 1. The third-order valence-corrected chi connectivity index (χ3v) is 5.48. The number of benzene rings is 1. The fourth-order valence-corrected chi connectivity index (χ4v) is 3.91. The lowest BCUT2D eigenvalue weighted by molar-refractivity contribution is 0.0263. The molecular weight excluding hydrogens is 344 g/mol. The quantitative estimate of drug-likeness (QED) is 0.807. The Labute approximate surface area is 159 Å². The van der Waals surface area contributed by atoms with Crippen LogP contribution in [0.1, 0.15) is 53.1 Å². The Kier molecular flexibility index (Phi) is 5.43. The molecule has 0 radical (unpaired) electrons. The SMILES string of the molecule is CO[C@@H]1CCCN(C(=O)c2cc(COc3ccc4c(c3)CCCC4)on2)C1. The minimum atomic E-state index is -0.111. The van der Waals surface area contributed by atoms with Crippen LogP contribution in [0.2, 0.25) is 0 Å². The average Bonchev–Trinajstić information content (AvgIpc) is 3.20. The standard InChI is InChI=1S/C21H26N2O4/c1-25-18-7-4-10-23(13-18)21(24)20-12-19(27-22-20)14-26-17-9-8-15-5-2-3-6-16(15)11-17/h8-9,11-12,18H,2-7,10,13-14H2,1H3/t18-/m1/s1. The van der Waals surface area contributed by atoms with Crippen LogP contribution in [0, 0.1) is 0 Å². The second-order valence-corrected chi connectivity index (χ2v) is 7.36. The second kappa shape index (κ2) is 8.13. The Hall–Kier alpha value is -2.34. The predicted molar refractivity (Wildman–Crippen MR) is 99.9 cm³/mol. The van der Waals surface area contributed by atoms with Gasteiger partial charge in [0.25, 0.3) is 5.91 Å². The maximum absolute atomic E-state index is 12.6. The summed E-state index contributed by atoms with van der Waals surface area (Å²) < 4.78 is 16.5. The number of fused-ring (bicyclic) bond motifs is 1. The molecule has 2 aliphatic rings. The van der Waals surface area contributed by atoms with E-state index in [9.17, 15) is 4.79 Å². The summed E-state index contributed by atoms with van der Waals surface area (Å²) in [5, 5.41) is 3.94. The van der Waals surface area contributed by atoms with Gasteiger partial charge in [-0.25, -0.2) is 0 Å². The summed E-state index contributed by atoms with van der Waals surface area (Å²) in [6, 6.07) is 7.96. The first-order valence-corrected chi connectivity index (χ1v) is 9.75. The van der Waals surface area contributed by atoms with Crippen LogP contribution >= 0.6 is 0 Å². The lowest BCUT2D eigenvalue weighted by Gasteiger charge is -2.31. The second-order valence-electron chi connectivity index (χ2n) is 7.36. The summed E-state index contributed by atoms with van der Waals surface area (Å²) in [5.74, 6) is 1.27. The number of aromatic nitrogens is 1. The van der Waals surface area contributed by atoms with E-state index in [-0.39, 0.29) is 18.6 Å². The Morgan fingerprint density at radius 1 is 1.22 bits per heavy atom. The van der Waals surface area contributed by atoms with Crippen molar-refractivity contribution in [2.24, 2.45) is 0 Å². The smallest absolute Gasteiger partial charge is 0.276 e. The average molecular weight is 370 g/mol. The Morgan fingerprint density at radius 2 is 2.07 bits per heavy atom. The van der Waals surface area contributed by atoms with Gasteiger partial charge < -0.3 is 18.9 Å². The molecule has 2 heterocycles. The molecule has 0 unspecified atom stereocenters. The molecule has 1 saturated heterocycles. The third-order valence-electron chi connectivity index (χ3n) is 5.48. The van der Waals surface area contributed by atoms with Crippen LogP contribution in [-0.4, -0.2) is 42.3 Å². The fraction of sp³-hybridized carbons (Fsp3) is 0.524. The molecule has 27 heavy (non-hydrogen) atoms. The molecule has 1 aromatic heterocycles. The van der Waals surface area contributed by atoms with Crippen molar-refractivity contribution in [1.29, 1.82) is 0 Å². The largest absolute Gasteiger partial charge is 0.486 e. The van der Waals surface area contributed by atoms with E-state index in [1.807, 2.05) is 6.07 Å². The number of aryl methyl sites for hydroxylation is 2. The van der Waals surface area contributed by atoms with Crippen LogP contribution in [0.5, 0.6) is 5.75 Å². The maximum atomic E-state index is 12.6. The van der Waals surface area contributed by atoms with Crippen molar-refractivity contribution >= 4 is 5.91 Å². The molecule has 6 heteroatoms. The van der Waals surface area contributed by atoms with Gasteiger partial charge in [0.05, 0.1) is 6.10 Å². The molecule has 6 nitrogen and oxygen atoms in total. The zero-order chi connectivity index (χ0) is 18.6. The van der Waals surface area contributed by atoms with E-state index in [4.69, 9.17) is 14.0 Å². The van der Waals surface area contributed by atoms with Gasteiger partial charge in [-0.3, -0.25) is 4.79 Å². The number of hydrogen-bond donors (Lipinski definition) is 0. The first-order valence-electron chi connectivity index (χ1n) is 9.75. The van der Waals surface area contributed by atoms with Crippen molar-refractivity contribution < 1.29 is 18.8 Å². The summed E-state index contributed by atoms with van der Waals surface area (Å²) in [5.41, 5.74) is 3.14. The molecule has 1 aliphatic carbocycles. The van der Waals surface area contributed by atoms with Gasteiger partial charge in [0.15, 0.2) is 11.5 Å². The summed E-state index contributed by atoms with van der Waals surface area (Å²) in [7, 11) is 1.69. The van der Waals surface area contributed by atoms with Crippen LogP contribution < -0.4 is 4.74 Å². The fourth-order valence-electron chi connectivity index (χ4n) is 3.91. The number of methoxy groups -OCH3 is 1. The molecule has 1 aromatic carbocycles. The highest BCUT2D eigenvalue weighted by atomic mass is 16.5. The van der Waals surface area contributed by atoms with Crippen molar-refractivity contribution in [3.63, 3.8) is 0 Å². The molecule has 0 spiro atoms. The topological polar surface area (TPSA) is 64.8 Å². The van der Waals surface area contributed by atoms with Crippen LogP contribution in [0.4, 0.5) is 0 Å². The van der Waals surface area contributed by atoms with Gasteiger partial charge in [0.1, 0.15) is 12.4 Å². The van der Waals surface area contributed by atoms with E-state index in [2.05, 4.69) is 17.3 Å². The summed E-state index contributed by atoms with van der Waals surface area (Å²) in [6.07, 6.45) is 6.81. The molecule has 0 saturated carbocycles. The Morgan fingerprint density at radius 3 is 2.93 bits per heavy atom. The zero-order valence-corrected chi connectivity index (χ0v) is 15.8. The molecular formula is C21H26N2O4. The molecule has 1 amide bonds. The minimum Gasteiger partial charge on any atom is -0.486 e. The van der Waals surface area contributed by atoms with E-state index in [0.29, 0.717) is 18.0 Å². The molecule has 0 N–H and O–H groups in total. The third kappa shape index (κ3) is 4.16. The van der Waals surface area contributed by atoms with Gasteiger partial charge in [-0.1, -0.05) is 11.2 Å². The Balaban J connectivity index is 1.36. The van der Waals surface area contributed by atoms with Gasteiger partial charge in [-0.2, -0.15) is 0 Å². The highest BCUT2D eigenvalue weighted by molar-refractivity contribution is 5.92. The van der Waals surface area contributed by atoms with Gasteiger partial charge in [-0.05, 0) is 61.8 Å². The molecule has 1 aliphatic heterocycles. The lowest BCUT2D eigenvalue weighted by Crippen LogP contribution is -2.43. The van der Waals surface area contributed by atoms with E-state index in [1.54, 1.807) is 18.1 Å². The maximum Gasteiger partial charge on any atom is 0.276 e. The number of piperidine rings is 1. The molecule has 1 fully saturated rings. The van der Waals surface area contributed by atoms with Crippen LogP contribution in [-0.2, 0) is 24.2 Å². The molecule has 4 rings (SSSR count). The normalized spacial score (nSPS) is 19.6. The number of carbonyl (C=O) groups is 1. The van der Waals surface area contributed by atoms with Crippen LogP contribution in [0.3, 0.4) is 0 Å². The van der Waals surface area contributed by atoms with Crippen molar-refractivity contribution in [2.45, 2.75) is 51.2 Å².